The van der Waals surface area contributed by atoms with Crippen LogP contribution in [-0.4, -0.2) is 26.8 Å². The number of hydrogen-bond donors (Lipinski definition) is 0. The minimum atomic E-state index is -0.343. The number of benzene rings is 2. The van der Waals surface area contributed by atoms with Gasteiger partial charge in [-0.25, -0.2) is 4.79 Å². The maximum atomic E-state index is 11.8. The maximum absolute atomic E-state index is 11.8. The first kappa shape index (κ1) is 18.8. The van der Waals surface area contributed by atoms with Crippen LogP contribution in [0.5, 0.6) is 17.2 Å². The molecule has 1 saturated carbocycles. The average molecular weight is 368 g/mol. The Hall–Kier alpha value is -2.95. The monoisotopic (exact) mass is 368 g/mol. The SMILES string of the molecule is COc1cc(C=CC(=O)OCC2CC2)cc(OC)c1OCc1ccccc1. The summed E-state index contributed by atoms with van der Waals surface area (Å²) in [5.74, 6) is 1.80. The number of rotatable bonds is 9. The average Bonchev–Trinajstić information content (AvgIpc) is 3.54. The molecule has 0 spiro atoms. The molecule has 1 aliphatic carbocycles. The van der Waals surface area contributed by atoms with E-state index in [4.69, 9.17) is 18.9 Å². The Morgan fingerprint density at radius 3 is 2.33 bits per heavy atom. The number of ether oxygens (including phenoxy) is 4. The highest BCUT2D eigenvalue weighted by atomic mass is 16.5. The third-order valence-electron chi connectivity index (χ3n) is 4.28. The van der Waals surface area contributed by atoms with Gasteiger partial charge in [-0.3, -0.25) is 0 Å². The van der Waals surface area contributed by atoms with Crippen LogP contribution in [0.2, 0.25) is 0 Å². The standard InChI is InChI=1S/C22H24O5/c1-24-19-12-18(10-11-21(23)26-14-17-8-9-17)13-20(25-2)22(19)27-15-16-6-4-3-5-7-16/h3-7,10-13,17H,8-9,14-15H2,1-2H3. The topological polar surface area (TPSA) is 54.0 Å². The molecule has 0 N–H and O–H groups in total. The van der Waals surface area contributed by atoms with Crippen molar-refractivity contribution < 1.29 is 23.7 Å². The minimum absolute atomic E-state index is 0.343. The fourth-order valence-corrected chi connectivity index (χ4v) is 2.57. The van der Waals surface area contributed by atoms with E-state index in [0.29, 0.717) is 36.4 Å². The summed E-state index contributed by atoms with van der Waals surface area (Å²) >= 11 is 0. The highest BCUT2D eigenvalue weighted by molar-refractivity contribution is 5.87. The van der Waals surface area contributed by atoms with E-state index in [2.05, 4.69) is 0 Å². The number of carbonyl (C=O) groups excluding carboxylic acids is 1. The summed E-state index contributed by atoms with van der Waals surface area (Å²) in [6.45, 7) is 0.901. The van der Waals surface area contributed by atoms with E-state index in [9.17, 15) is 4.79 Å². The summed E-state index contributed by atoms with van der Waals surface area (Å²) in [7, 11) is 3.14. The van der Waals surface area contributed by atoms with E-state index in [-0.39, 0.29) is 5.97 Å². The molecule has 27 heavy (non-hydrogen) atoms. The first-order chi connectivity index (χ1) is 13.2. The van der Waals surface area contributed by atoms with Crippen LogP contribution in [0.15, 0.2) is 48.5 Å². The fraction of sp³-hybridized carbons (Fsp3) is 0.318. The van der Waals surface area contributed by atoms with Crippen molar-refractivity contribution in [1.29, 1.82) is 0 Å². The van der Waals surface area contributed by atoms with Gasteiger partial charge in [0.2, 0.25) is 5.75 Å². The number of esters is 1. The van der Waals surface area contributed by atoms with E-state index in [1.807, 2.05) is 30.3 Å². The van der Waals surface area contributed by atoms with E-state index in [0.717, 1.165) is 24.0 Å². The van der Waals surface area contributed by atoms with Gasteiger partial charge in [-0.2, -0.15) is 0 Å². The molecule has 0 radical (unpaired) electrons. The normalized spacial score (nSPS) is 13.4. The zero-order valence-corrected chi connectivity index (χ0v) is 15.6. The molecule has 1 aliphatic rings. The van der Waals surface area contributed by atoms with Crippen molar-refractivity contribution in [1.82, 2.24) is 0 Å². The molecule has 0 bridgehead atoms. The summed E-state index contributed by atoms with van der Waals surface area (Å²) in [5.41, 5.74) is 1.81. The second-order valence-corrected chi connectivity index (χ2v) is 6.44. The summed E-state index contributed by atoms with van der Waals surface area (Å²) < 4.78 is 22.0. The molecule has 0 saturated heterocycles. The molecule has 1 fully saturated rings. The van der Waals surface area contributed by atoms with Crippen LogP contribution >= 0.6 is 0 Å². The second-order valence-electron chi connectivity index (χ2n) is 6.44. The van der Waals surface area contributed by atoms with Gasteiger partial charge in [-0.05, 0) is 48.1 Å². The third kappa shape index (κ3) is 5.51. The molecule has 0 amide bonds. The Morgan fingerprint density at radius 1 is 1.07 bits per heavy atom. The van der Waals surface area contributed by atoms with Crippen molar-refractivity contribution in [3.05, 3.63) is 59.7 Å². The lowest BCUT2D eigenvalue weighted by molar-refractivity contribution is -0.138. The van der Waals surface area contributed by atoms with Crippen molar-refractivity contribution >= 4 is 12.0 Å². The molecule has 2 aromatic carbocycles. The second kappa shape index (κ2) is 9.12. The molecule has 0 aromatic heterocycles. The van der Waals surface area contributed by atoms with Crippen LogP contribution < -0.4 is 14.2 Å². The highest BCUT2D eigenvalue weighted by Crippen LogP contribution is 2.39. The summed E-state index contributed by atoms with van der Waals surface area (Å²) in [6.07, 6.45) is 5.40. The van der Waals surface area contributed by atoms with Gasteiger partial charge in [0.05, 0.1) is 20.8 Å². The van der Waals surface area contributed by atoms with E-state index in [1.54, 1.807) is 32.4 Å². The van der Waals surface area contributed by atoms with Crippen molar-refractivity contribution in [2.75, 3.05) is 20.8 Å². The molecule has 5 nitrogen and oxygen atoms in total. The van der Waals surface area contributed by atoms with Crippen molar-refractivity contribution in [2.24, 2.45) is 5.92 Å². The van der Waals surface area contributed by atoms with Gasteiger partial charge in [-0.15, -0.1) is 0 Å². The van der Waals surface area contributed by atoms with Gasteiger partial charge in [0.1, 0.15) is 6.61 Å². The molecule has 3 rings (SSSR count). The van der Waals surface area contributed by atoms with E-state index in [1.165, 1.54) is 6.08 Å². The Labute approximate surface area is 159 Å². The van der Waals surface area contributed by atoms with Crippen LogP contribution in [0.3, 0.4) is 0 Å². The van der Waals surface area contributed by atoms with Crippen molar-refractivity contribution in [3.8, 4) is 17.2 Å². The van der Waals surface area contributed by atoms with Gasteiger partial charge in [0, 0.05) is 6.08 Å². The van der Waals surface area contributed by atoms with Crippen molar-refractivity contribution in [3.63, 3.8) is 0 Å². The van der Waals surface area contributed by atoms with Crippen LogP contribution in [0.25, 0.3) is 6.08 Å². The van der Waals surface area contributed by atoms with Crippen molar-refractivity contribution in [2.45, 2.75) is 19.4 Å². The Kier molecular flexibility index (Phi) is 6.36. The molecular weight excluding hydrogens is 344 g/mol. The van der Waals surface area contributed by atoms with Crippen LogP contribution in [-0.2, 0) is 16.1 Å². The lowest BCUT2D eigenvalue weighted by Crippen LogP contribution is -2.03. The lowest BCUT2D eigenvalue weighted by atomic mass is 10.1. The summed E-state index contributed by atoms with van der Waals surface area (Å²) in [4.78, 5) is 11.8. The molecule has 0 aliphatic heterocycles. The van der Waals surface area contributed by atoms with E-state index < -0.39 is 0 Å². The Bertz CT molecular complexity index is 769. The summed E-state index contributed by atoms with van der Waals surface area (Å²) in [5, 5.41) is 0. The fourth-order valence-electron chi connectivity index (χ4n) is 2.57. The number of methoxy groups -OCH3 is 2. The molecule has 0 unspecified atom stereocenters. The van der Waals surface area contributed by atoms with Gasteiger partial charge < -0.3 is 18.9 Å². The van der Waals surface area contributed by atoms with Gasteiger partial charge >= 0.3 is 5.97 Å². The quantitative estimate of drug-likeness (QED) is 0.489. The smallest absolute Gasteiger partial charge is 0.330 e. The first-order valence-corrected chi connectivity index (χ1v) is 8.97. The molecule has 5 heteroatoms. The highest BCUT2D eigenvalue weighted by Gasteiger charge is 2.22. The molecular formula is C22H24O5. The van der Waals surface area contributed by atoms with Gasteiger partial charge in [0.25, 0.3) is 0 Å². The zero-order valence-electron chi connectivity index (χ0n) is 15.6. The largest absolute Gasteiger partial charge is 0.493 e. The predicted octanol–water partition coefficient (Wildman–Crippen LogP) is 4.25. The van der Waals surface area contributed by atoms with E-state index >= 15 is 0 Å². The Morgan fingerprint density at radius 2 is 1.74 bits per heavy atom. The van der Waals surface area contributed by atoms with Crippen LogP contribution in [0, 0.1) is 5.92 Å². The third-order valence-corrected chi connectivity index (χ3v) is 4.28. The number of carbonyl (C=O) groups is 1. The molecule has 2 aromatic rings. The zero-order chi connectivity index (χ0) is 19.1. The molecule has 0 atom stereocenters. The number of hydrogen-bond acceptors (Lipinski definition) is 5. The maximum Gasteiger partial charge on any atom is 0.330 e. The molecule has 0 heterocycles. The predicted molar refractivity (Wildman–Crippen MR) is 103 cm³/mol. The lowest BCUT2D eigenvalue weighted by Gasteiger charge is -2.15. The Balaban J connectivity index is 1.71. The van der Waals surface area contributed by atoms with Crippen LogP contribution in [0.4, 0.5) is 0 Å². The van der Waals surface area contributed by atoms with Gasteiger partial charge in [-0.1, -0.05) is 30.3 Å². The first-order valence-electron chi connectivity index (χ1n) is 8.97. The molecule has 142 valence electrons. The van der Waals surface area contributed by atoms with Gasteiger partial charge in [0.15, 0.2) is 11.5 Å². The summed E-state index contributed by atoms with van der Waals surface area (Å²) in [6, 6.07) is 13.5. The minimum Gasteiger partial charge on any atom is -0.493 e. The van der Waals surface area contributed by atoms with Crippen LogP contribution in [0.1, 0.15) is 24.0 Å².